The van der Waals surface area contributed by atoms with Gasteiger partial charge in [0.15, 0.2) is 0 Å². The zero-order valence-electron chi connectivity index (χ0n) is 9.38. The largest absolute Gasteiger partial charge is 0.497 e. The Morgan fingerprint density at radius 3 is 3.00 bits per heavy atom. The van der Waals surface area contributed by atoms with Crippen LogP contribution in [-0.2, 0) is 6.54 Å². The van der Waals surface area contributed by atoms with Crippen LogP contribution in [0.3, 0.4) is 0 Å². The highest BCUT2D eigenvalue weighted by Crippen LogP contribution is 2.20. The molecule has 1 atom stereocenters. The predicted octanol–water partition coefficient (Wildman–Crippen LogP) is 2.28. The number of aliphatic hydroxyl groups excluding tert-OH is 1. The molecule has 0 bridgehead atoms. The van der Waals surface area contributed by atoms with E-state index in [1.807, 2.05) is 18.2 Å². The molecule has 5 heteroatoms. The van der Waals surface area contributed by atoms with E-state index in [-0.39, 0.29) is 0 Å². The van der Waals surface area contributed by atoms with Gasteiger partial charge in [-0.25, -0.2) is 0 Å². The van der Waals surface area contributed by atoms with E-state index in [1.165, 1.54) is 0 Å². The van der Waals surface area contributed by atoms with Gasteiger partial charge in [-0.05, 0) is 17.7 Å². The molecule has 0 saturated heterocycles. The Kier molecular flexibility index (Phi) is 3.66. The van der Waals surface area contributed by atoms with Crippen molar-refractivity contribution in [3.05, 3.63) is 47.2 Å². The van der Waals surface area contributed by atoms with Crippen LogP contribution in [0.15, 0.2) is 36.7 Å². The number of nitrogens with zero attached hydrogens (tertiary/aromatic N) is 2. The maximum Gasteiger partial charge on any atom is 0.119 e. The highest BCUT2D eigenvalue weighted by atomic mass is 35.5. The second kappa shape index (κ2) is 5.21. The van der Waals surface area contributed by atoms with Crippen molar-refractivity contribution < 1.29 is 9.84 Å². The van der Waals surface area contributed by atoms with E-state index in [0.29, 0.717) is 11.6 Å². The summed E-state index contributed by atoms with van der Waals surface area (Å²) >= 11 is 5.75. The van der Waals surface area contributed by atoms with E-state index < -0.39 is 6.10 Å². The molecule has 0 aliphatic heterocycles. The fourth-order valence-electron chi connectivity index (χ4n) is 1.57. The molecule has 1 N–H and O–H groups in total. The number of rotatable bonds is 4. The van der Waals surface area contributed by atoms with Gasteiger partial charge in [-0.3, -0.25) is 4.68 Å². The number of methoxy groups -OCH3 is 1. The summed E-state index contributed by atoms with van der Waals surface area (Å²) in [6, 6.07) is 7.32. The van der Waals surface area contributed by atoms with Gasteiger partial charge in [0.1, 0.15) is 5.75 Å². The lowest BCUT2D eigenvalue weighted by molar-refractivity contribution is 0.151. The molecule has 1 aromatic heterocycles. The molecule has 1 unspecified atom stereocenters. The van der Waals surface area contributed by atoms with E-state index >= 15 is 0 Å². The molecule has 0 fully saturated rings. The lowest BCUT2D eigenvalue weighted by Crippen LogP contribution is -2.09. The van der Waals surface area contributed by atoms with Crippen molar-refractivity contribution in [3.8, 4) is 5.75 Å². The van der Waals surface area contributed by atoms with Crippen LogP contribution in [0.25, 0.3) is 0 Å². The van der Waals surface area contributed by atoms with Crippen LogP contribution in [-0.4, -0.2) is 22.0 Å². The molecule has 0 saturated carbocycles. The average Bonchev–Trinajstić information content (AvgIpc) is 2.75. The summed E-state index contributed by atoms with van der Waals surface area (Å²) in [5, 5.41) is 14.6. The number of aliphatic hydroxyl groups is 1. The molecule has 4 nitrogen and oxygen atoms in total. The van der Waals surface area contributed by atoms with Crippen molar-refractivity contribution in [2.24, 2.45) is 0 Å². The summed E-state index contributed by atoms with van der Waals surface area (Å²) in [6.45, 7) is 0.361. The first-order valence-electron chi connectivity index (χ1n) is 5.19. The molecule has 0 amide bonds. The molecule has 0 aliphatic rings. The van der Waals surface area contributed by atoms with Gasteiger partial charge in [-0.1, -0.05) is 23.7 Å². The van der Waals surface area contributed by atoms with E-state index in [1.54, 1.807) is 30.3 Å². The van der Waals surface area contributed by atoms with Gasteiger partial charge in [-0.15, -0.1) is 0 Å². The minimum Gasteiger partial charge on any atom is -0.497 e. The van der Waals surface area contributed by atoms with Crippen molar-refractivity contribution in [1.82, 2.24) is 9.78 Å². The Morgan fingerprint density at radius 1 is 1.53 bits per heavy atom. The van der Waals surface area contributed by atoms with Crippen LogP contribution >= 0.6 is 11.6 Å². The van der Waals surface area contributed by atoms with Crippen LogP contribution in [0.1, 0.15) is 11.7 Å². The minimum absolute atomic E-state index is 0.361. The zero-order chi connectivity index (χ0) is 12.3. The van der Waals surface area contributed by atoms with Crippen molar-refractivity contribution >= 4 is 11.6 Å². The molecule has 17 heavy (non-hydrogen) atoms. The first-order chi connectivity index (χ1) is 8.19. The van der Waals surface area contributed by atoms with E-state index in [9.17, 15) is 5.11 Å². The first-order valence-corrected chi connectivity index (χ1v) is 5.57. The number of benzene rings is 1. The number of ether oxygens (including phenoxy) is 1. The maximum absolute atomic E-state index is 10.0. The van der Waals surface area contributed by atoms with Gasteiger partial charge in [-0.2, -0.15) is 5.10 Å². The number of hydrogen-bond acceptors (Lipinski definition) is 3. The molecule has 2 aromatic rings. The van der Waals surface area contributed by atoms with Crippen molar-refractivity contribution in [2.75, 3.05) is 7.11 Å². The van der Waals surface area contributed by atoms with Crippen LogP contribution < -0.4 is 4.74 Å². The number of aromatic nitrogens is 2. The van der Waals surface area contributed by atoms with Gasteiger partial charge in [0.2, 0.25) is 0 Å². The second-order valence-corrected chi connectivity index (χ2v) is 4.11. The van der Waals surface area contributed by atoms with Gasteiger partial charge in [0.25, 0.3) is 0 Å². The standard InChI is InChI=1S/C12H13ClN2O2/c1-17-11-4-2-3-9(5-11)12(16)8-15-7-10(13)6-14-15/h2-7,12,16H,8H2,1H3. The Labute approximate surface area is 104 Å². The Balaban J connectivity index is 2.11. The SMILES string of the molecule is COc1cccc(C(O)Cn2cc(Cl)cn2)c1. The van der Waals surface area contributed by atoms with Gasteiger partial charge >= 0.3 is 0 Å². The van der Waals surface area contributed by atoms with E-state index in [2.05, 4.69) is 5.10 Å². The summed E-state index contributed by atoms with van der Waals surface area (Å²) in [5.41, 5.74) is 0.788. The number of hydrogen-bond donors (Lipinski definition) is 1. The van der Waals surface area contributed by atoms with Crippen LogP contribution in [0, 0.1) is 0 Å². The van der Waals surface area contributed by atoms with Crippen molar-refractivity contribution in [1.29, 1.82) is 0 Å². The highest BCUT2D eigenvalue weighted by Gasteiger charge is 2.09. The van der Waals surface area contributed by atoms with Gasteiger partial charge in [0, 0.05) is 6.20 Å². The first kappa shape index (κ1) is 12.0. The molecular weight excluding hydrogens is 240 g/mol. The smallest absolute Gasteiger partial charge is 0.119 e. The van der Waals surface area contributed by atoms with Crippen LogP contribution in [0.4, 0.5) is 0 Å². The third-order valence-corrected chi connectivity index (χ3v) is 2.64. The third kappa shape index (κ3) is 2.99. The summed E-state index contributed by atoms with van der Waals surface area (Å²) < 4.78 is 6.71. The van der Waals surface area contributed by atoms with Crippen molar-refractivity contribution in [3.63, 3.8) is 0 Å². The average molecular weight is 253 g/mol. The molecule has 0 spiro atoms. The van der Waals surface area contributed by atoms with Gasteiger partial charge in [0.05, 0.1) is 31.0 Å². The van der Waals surface area contributed by atoms with Crippen LogP contribution in [0.5, 0.6) is 5.75 Å². The summed E-state index contributed by atoms with van der Waals surface area (Å²) in [7, 11) is 1.60. The second-order valence-electron chi connectivity index (χ2n) is 3.67. The molecule has 0 radical (unpaired) electrons. The summed E-state index contributed by atoms with van der Waals surface area (Å²) in [5.74, 6) is 0.722. The molecule has 2 rings (SSSR count). The lowest BCUT2D eigenvalue weighted by Gasteiger charge is -2.12. The molecular formula is C12H13ClN2O2. The predicted molar refractivity (Wildman–Crippen MR) is 65.2 cm³/mol. The topological polar surface area (TPSA) is 47.3 Å². The van der Waals surface area contributed by atoms with Gasteiger partial charge < -0.3 is 9.84 Å². The molecule has 1 heterocycles. The third-order valence-electron chi connectivity index (χ3n) is 2.44. The lowest BCUT2D eigenvalue weighted by atomic mass is 10.1. The normalized spacial score (nSPS) is 12.4. The fraction of sp³-hybridized carbons (Fsp3) is 0.250. The Morgan fingerprint density at radius 2 is 2.35 bits per heavy atom. The molecule has 0 aliphatic carbocycles. The molecule has 1 aromatic carbocycles. The van der Waals surface area contributed by atoms with Crippen LogP contribution in [0.2, 0.25) is 5.02 Å². The zero-order valence-corrected chi connectivity index (χ0v) is 10.1. The van der Waals surface area contributed by atoms with Crippen molar-refractivity contribution in [2.45, 2.75) is 12.6 Å². The summed E-state index contributed by atoms with van der Waals surface area (Å²) in [4.78, 5) is 0. The van der Waals surface area contributed by atoms with E-state index in [0.717, 1.165) is 11.3 Å². The maximum atomic E-state index is 10.0. The van der Waals surface area contributed by atoms with E-state index in [4.69, 9.17) is 16.3 Å². The summed E-state index contributed by atoms with van der Waals surface area (Å²) in [6.07, 6.45) is 2.58. The Hall–Kier alpha value is -1.52. The fourth-order valence-corrected chi connectivity index (χ4v) is 1.73. The quantitative estimate of drug-likeness (QED) is 0.908. The molecule has 90 valence electrons. The monoisotopic (exact) mass is 252 g/mol. The highest BCUT2D eigenvalue weighted by molar-refractivity contribution is 6.30. The Bertz CT molecular complexity index is 499. The number of halogens is 1. The minimum atomic E-state index is -0.638.